The standard InChI is InChI=1S/C16H26BrN3/c1-4-20(11-13-6-5-7-13)16-14(9-18-12(2)3)8-15(17)10-19-16/h8,10,12-13,18H,4-7,9,11H2,1-3H3. The molecule has 1 aliphatic carbocycles. The second-order valence-electron chi connectivity index (χ2n) is 6.01. The van der Waals surface area contributed by atoms with E-state index < -0.39 is 0 Å². The lowest BCUT2D eigenvalue weighted by atomic mass is 9.85. The first kappa shape index (κ1) is 15.8. The zero-order chi connectivity index (χ0) is 14.5. The topological polar surface area (TPSA) is 28.2 Å². The van der Waals surface area contributed by atoms with E-state index in [0.29, 0.717) is 6.04 Å². The quantitative estimate of drug-likeness (QED) is 0.814. The first-order valence-corrected chi connectivity index (χ1v) is 8.52. The Bertz CT molecular complexity index is 430. The molecule has 1 N–H and O–H groups in total. The fraction of sp³-hybridized carbons (Fsp3) is 0.688. The molecule has 112 valence electrons. The van der Waals surface area contributed by atoms with Gasteiger partial charge in [0.25, 0.3) is 0 Å². The zero-order valence-corrected chi connectivity index (χ0v) is 14.4. The van der Waals surface area contributed by atoms with E-state index in [1.54, 1.807) is 0 Å². The first-order chi connectivity index (χ1) is 9.60. The van der Waals surface area contributed by atoms with Crippen molar-refractivity contribution in [2.75, 3.05) is 18.0 Å². The molecule has 0 spiro atoms. The molecule has 0 amide bonds. The smallest absolute Gasteiger partial charge is 0.133 e. The molecule has 1 heterocycles. The highest BCUT2D eigenvalue weighted by atomic mass is 79.9. The maximum absolute atomic E-state index is 4.68. The molecule has 1 aliphatic rings. The van der Waals surface area contributed by atoms with Gasteiger partial charge in [0.2, 0.25) is 0 Å². The van der Waals surface area contributed by atoms with E-state index in [0.717, 1.165) is 35.8 Å². The third-order valence-corrected chi connectivity index (χ3v) is 4.43. The van der Waals surface area contributed by atoms with Crippen LogP contribution in [0.2, 0.25) is 0 Å². The maximum Gasteiger partial charge on any atom is 0.133 e. The summed E-state index contributed by atoms with van der Waals surface area (Å²) in [6.45, 7) is 9.64. The molecule has 0 aliphatic heterocycles. The van der Waals surface area contributed by atoms with Crippen LogP contribution in [0.4, 0.5) is 5.82 Å². The van der Waals surface area contributed by atoms with Gasteiger partial charge in [0.05, 0.1) is 0 Å². The lowest BCUT2D eigenvalue weighted by Crippen LogP contribution is -2.34. The van der Waals surface area contributed by atoms with E-state index in [2.05, 4.69) is 58.0 Å². The van der Waals surface area contributed by atoms with Gasteiger partial charge in [-0.3, -0.25) is 0 Å². The summed E-state index contributed by atoms with van der Waals surface area (Å²) < 4.78 is 1.06. The van der Waals surface area contributed by atoms with Crippen LogP contribution in [0.3, 0.4) is 0 Å². The minimum Gasteiger partial charge on any atom is -0.356 e. The van der Waals surface area contributed by atoms with Gasteiger partial charge in [-0.2, -0.15) is 0 Å². The molecule has 0 aromatic carbocycles. The minimum absolute atomic E-state index is 0.489. The van der Waals surface area contributed by atoms with Crippen LogP contribution in [0.25, 0.3) is 0 Å². The van der Waals surface area contributed by atoms with Crippen molar-refractivity contribution >= 4 is 21.7 Å². The van der Waals surface area contributed by atoms with Crippen LogP contribution in [0, 0.1) is 5.92 Å². The monoisotopic (exact) mass is 339 g/mol. The molecular formula is C16H26BrN3. The summed E-state index contributed by atoms with van der Waals surface area (Å²) in [4.78, 5) is 7.12. The third kappa shape index (κ3) is 4.19. The number of nitrogens with one attached hydrogen (secondary N) is 1. The number of aromatic nitrogens is 1. The van der Waals surface area contributed by atoms with Crippen LogP contribution < -0.4 is 10.2 Å². The molecular weight excluding hydrogens is 314 g/mol. The minimum atomic E-state index is 0.489. The van der Waals surface area contributed by atoms with Crippen molar-refractivity contribution in [3.05, 3.63) is 22.3 Å². The molecule has 3 nitrogen and oxygen atoms in total. The van der Waals surface area contributed by atoms with Crippen LogP contribution in [0.5, 0.6) is 0 Å². The van der Waals surface area contributed by atoms with Crippen molar-refractivity contribution in [1.29, 1.82) is 0 Å². The zero-order valence-electron chi connectivity index (χ0n) is 12.8. The van der Waals surface area contributed by atoms with Crippen LogP contribution in [-0.4, -0.2) is 24.1 Å². The largest absolute Gasteiger partial charge is 0.356 e. The van der Waals surface area contributed by atoms with Gasteiger partial charge in [-0.05, 0) is 47.7 Å². The summed E-state index contributed by atoms with van der Waals surface area (Å²) in [7, 11) is 0. The Morgan fingerprint density at radius 3 is 2.75 bits per heavy atom. The summed E-state index contributed by atoms with van der Waals surface area (Å²) >= 11 is 3.54. The number of halogens is 1. The van der Waals surface area contributed by atoms with E-state index >= 15 is 0 Å². The van der Waals surface area contributed by atoms with Crippen LogP contribution >= 0.6 is 15.9 Å². The average molecular weight is 340 g/mol. The number of pyridine rings is 1. The first-order valence-electron chi connectivity index (χ1n) is 7.73. The van der Waals surface area contributed by atoms with Crippen LogP contribution in [0.15, 0.2) is 16.7 Å². The van der Waals surface area contributed by atoms with Crippen molar-refractivity contribution in [3.63, 3.8) is 0 Å². The highest BCUT2D eigenvalue weighted by molar-refractivity contribution is 9.10. The Morgan fingerprint density at radius 2 is 2.20 bits per heavy atom. The van der Waals surface area contributed by atoms with Crippen LogP contribution in [0.1, 0.15) is 45.6 Å². The molecule has 0 bridgehead atoms. The summed E-state index contributed by atoms with van der Waals surface area (Å²) in [6.07, 6.45) is 6.08. The van der Waals surface area contributed by atoms with Gasteiger partial charge in [-0.15, -0.1) is 0 Å². The van der Waals surface area contributed by atoms with Crippen molar-refractivity contribution in [2.45, 2.75) is 52.6 Å². The summed E-state index contributed by atoms with van der Waals surface area (Å²) in [5, 5.41) is 3.50. The second kappa shape index (κ2) is 7.41. The fourth-order valence-electron chi connectivity index (χ4n) is 2.56. The van der Waals surface area contributed by atoms with E-state index in [1.165, 1.54) is 24.8 Å². The summed E-state index contributed by atoms with van der Waals surface area (Å²) in [5.74, 6) is 2.02. The number of anilines is 1. The van der Waals surface area contributed by atoms with Gasteiger partial charge in [0.1, 0.15) is 5.82 Å². The average Bonchev–Trinajstić information content (AvgIpc) is 2.36. The highest BCUT2D eigenvalue weighted by Gasteiger charge is 2.22. The number of rotatable bonds is 7. The predicted molar refractivity (Wildman–Crippen MR) is 89.1 cm³/mol. The molecule has 2 rings (SSSR count). The predicted octanol–water partition coefficient (Wildman–Crippen LogP) is 3.97. The number of nitrogens with zero attached hydrogens (tertiary/aromatic N) is 2. The number of hydrogen-bond donors (Lipinski definition) is 1. The van der Waals surface area contributed by atoms with Crippen molar-refractivity contribution in [1.82, 2.24) is 10.3 Å². The van der Waals surface area contributed by atoms with E-state index in [9.17, 15) is 0 Å². The van der Waals surface area contributed by atoms with Gasteiger partial charge in [-0.25, -0.2) is 4.98 Å². The lowest BCUT2D eigenvalue weighted by molar-refractivity contribution is 0.318. The van der Waals surface area contributed by atoms with Crippen molar-refractivity contribution in [3.8, 4) is 0 Å². The van der Waals surface area contributed by atoms with E-state index in [-0.39, 0.29) is 0 Å². The molecule has 0 atom stereocenters. The SMILES string of the molecule is CCN(CC1CCC1)c1ncc(Br)cc1CNC(C)C. The molecule has 0 saturated heterocycles. The van der Waals surface area contributed by atoms with Crippen LogP contribution in [-0.2, 0) is 6.54 Å². The Balaban J connectivity index is 2.13. The molecule has 0 unspecified atom stereocenters. The van der Waals surface area contributed by atoms with Crippen molar-refractivity contribution in [2.24, 2.45) is 5.92 Å². The normalized spacial score (nSPS) is 15.4. The van der Waals surface area contributed by atoms with E-state index in [4.69, 9.17) is 0 Å². The molecule has 0 radical (unpaired) electrons. The van der Waals surface area contributed by atoms with Gasteiger partial charge < -0.3 is 10.2 Å². The van der Waals surface area contributed by atoms with Crippen molar-refractivity contribution < 1.29 is 0 Å². The summed E-state index contributed by atoms with van der Waals surface area (Å²) in [6, 6.07) is 2.68. The molecule has 1 aromatic heterocycles. The van der Waals surface area contributed by atoms with Gasteiger partial charge >= 0.3 is 0 Å². The molecule has 20 heavy (non-hydrogen) atoms. The second-order valence-corrected chi connectivity index (χ2v) is 6.92. The molecule has 1 aromatic rings. The third-order valence-electron chi connectivity index (χ3n) is 3.99. The Labute approximate surface area is 131 Å². The van der Waals surface area contributed by atoms with Gasteiger partial charge in [0.15, 0.2) is 0 Å². The van der Waals surface area contributed by atoms with Gasteiger partial charge in [-0.1, -0.05) is 20.3 Å². The van der Waals surface area contributed by atoms with Gasteiger partial charge in [0, 0.05) is 41.9 Å². The van der Waals surface area contributed by atoms with E-state index in [1.807, 2.05) is 6.20 Å². The highest BCUT2D eigenvalue weighted by Crippen LogP contribution is 2.30. The maximum atomic E-state index is 4.68. The number of hydrogen-bond acceptors (Lipinski definition) is 3. The Kier molecular flexibility index (Phi) is 5.85. The lowest BCUT2D eigenvalue weighted by Gasteiger charge is -2.33. The molecule has 4 heteroatoms. The molecule has 1 fully saturated rings. The fourth-order valence-corrected chi connectivity index (χ4v) is 2.93. The molecule has 1 saturated carbocycles. The Morgan fingerprint density at radius 1 is 1.45 bits per heavy atom. The Hall–Kier alpha value is -0.610. The summed E-state index contributed by atoms with van der Waals surface area (Å²) in [5.41, 5.74) is 1.29.